The van der Waals surface area contributed by atoms with Crippen molar-refractivity contribution in [3.8, 4) is 6.07 Å². The highest BCUT2D eigenvalue weighted by atomic mass is 32.2. The summed E-state index contributed by atoms with van der Waals surface area (Å²) in [6.07, 6.45) is 2.80. The number of nitrogens with one attached hydrogen (secondary N) is 1. The minimum Gasteiger partial charge on any atom is -0.310 e. The zero-order valence-electron chi connectivity index (χ0n) is 17.6. The Balaban J connectivity index is 1.49. The molecular formula is C25H24N4OS. The van der Waals surface area contributed by atoms with Crippen molar-refractivity contribution in [2.24, 2.45) is 0 Å². The molecule has 3 aromatic rings. The molecule has 2 atom stereocenters. The fourth-order valence-corrected chi connectivity index (χ4v) is 4.78. The lowest BCUT2D eigenvalue weighted by atomic mass is 9.82. The third kappa shape index (κ3) is 4.95. The smallest absolute Gasteiger partial charge is 0.238 e. The van der Waals surface area contributed by atoms with E-state index >= 15 is 0 Å². The Labute approximate surface area is 186 Å². The van der Waals surface area contributed by atoms with E-state index in [4.69, 9.17) is 4.98 Å². The lowest BCUT2D eigenvalue weighted by molar-refractivity contribution is -0.115. The fraction of sp³-hybridized carbons (Fsp3) is 0.280. The van der Waals surface area contributed by atoms with Crippen LogP contribution in [0.4, 0.5) is 5.82 Å². The summed E-state index contributed by atoms with van der Waals surface area (Å²) in [7, 11) is 0. The molecule has 6 heteroatoms. The molecular weight excluding hydrogens is 404 g/mol. The highest BCUT2D eigenvalue weighted by molar-refractivity contribution is 8.00. The van der Waals surface area contributed by atoms with Gasteiger partial charge in [-0.3, -0.25) is 4.79 Å². The number of benzene rings is 1. The van der Waals surface area contributed by atoms with Crippen LogP contribution in [0.3, 0.4) is 0 Å². The summed E-state index contributed by atoms with van der Waals surface area (Å²) >= 11 is 1.32. The number of hydrogen-bond acceptors (Lipinski definition) is 5. The number of anilines is 1. The lowest BCUT2D eigenvalue weighted by Gasteiger charge is -2.25. The Morgan fingerprint density at radius 2 is 2.00 bits per heavy atom. The molecule has 2 heterocycles. The van der Waals surface area contributed by atoms with E-state index in [0.717, 1.165) is 36.2 Å². The minimum atomic E-state index is -0.402. The van der Waals surface area contributed by atoms with Gasteiger partial charge in [0.2, 0.25) is 5.91 Å². The van der Waals surface area contributed by atoms with E-state index in [1.165, 1.54) is 17.3 Å². The van der Waals surface area contributed by atoms with Crippen molar-refractivity contribution < 1.29 is 4.79 Å². The van der Waals surface area contributed by atoms with Crippen LogP contribution in [-0.2, 0) is 17.6 Å². The number of pyridine rings is 2. The van der Waals surface area contributed by atoms with Gasteiger partial charge >= 0.3 is 0 Å². The van der Waals surface area contributed by atoms with Crippen LogP contribution in [0, 0.1) is 18.3 Å². The van der Waals surface area contributed by atoms with Crippen LogP contribution in [0.1, 0.15) is 47.3 Å². The summed E-state index contributed by atoms with van der Waals surface area (Å²) in [6, 6.07) is 20.3. The first-order chi connectivity index (χ1) is 15.0. The number of nitriles is 1. The van der Waals surface area contributed by atoms with Crippen LogP contribution in [-0.4, -0.2) is 21.1 Å². The van der Waals surface area contributed by atoms with Gasteiger partial charge in [-0.05, 0) is 68.4 Å². The van der Waals surface area contributed by atoms with Gasteiger partial charge in [0.1, 0.15) is 16.9 Å². The molecule has 2 unspecified atom stereocenters. The summed E-state index contributed by atoms with van der Waals surface area (Å²) in [5.74, 6) is 0.825. The van der Waals surface area contributed by atoms with Gasteiger partial charge in [0.15, 0.2) is 0 Å². The first-order valence-corrected chi connectivity index (χ1v) is 11.3. The highest BCUT2D eigenvalue weighted by Crippen LogP contribution is 2.35. The maximum Gasteiger partial charge on any atom is 0.238 e. The summed E-state index contributed by atoms with van der Waals surface area (Å²) in [5.41, 5.74) is 4.89. The normalized spacial score (nSPS) is 16.1. The summed E-state index contributed by atoms with van der Waals surface area (Å²) in [6.45, 7) is 3.70. The second-order valence-electron chi connectivity index (χ2n) is 7.82. The quantitative estimate of drug-likeness (QED) is 0.576. The molecule has 0 radical (unpaired) electrons. The van der Waals surface area contributed by atoms with Crippen molar-refractivity contribution in [2.75, 3.05) is 5.32 Å². The number of carbonyl (C=O) groups is 1. The van der Waals surface area contributed by atoms with Gasteiger partial charge < -0.3 is 5.32 Å². The molecule has 4 rings (SSSR count). The van der Waals surface area contributed by atoms with Crippen LogP contribution >= 0.6 is 11.8 Å². The number of carbonyl (C=O) groups excluding carboxylic acids is 1. The Morgan fingerprint density at radius 1 is 1.19 bits per heavy atom. The molecule has 0 aliphatic heterocycles. The number of fused-ring (bicyclic) bond motifs is 1. The second-order valence-corrected chi connectivity index (χ2v) is 9.15. The SMILES string of the molecule is Cc1cccc(NC(=O)C(C)Sc2nc3c(cc2C#N)CC(c2ccccc2)CC3)n1. The summed E-state index contributed by atoms with van der Waals surface area (Å²) in [4.78, 5) is 21.8. The molecule has 0 saturated heterocycles. The number of thioether (sulfide) groups is 1. The van der Waals surface area contributed by atoms with Gasteiger partial charge in [-0.1, -0.05) is 48.2 Å². The zero-order valence-corrected chi connectivity index (χ0v) is 18.4. The van der Waals surface area contributed by atoms with E-state index in [1.54, 1.807) is 6.07 Å². The van der Waals surface area contributed by atoms with Crippen molar-refractivity contribution >= 4 is 23.5 Å². The average molecular weight is 429 g/mol. The van der Waals surface area contributed by atoms with E-state index in [9.17, 15) is 10.1 Å². The van der Waals surface area contributed by atoms with Gasteiger partial charge in [-0.2, -0.15) is 5.26 Å². The molecule has 1 aliphatic rings. The number of hydrogen-bond donors (Lipinski definition) is 1. The molecule has 1 aromatic carbocycles. The number of amides is 1. The minimum absolute atomic E-state index is 0.157. The van der Waals surface area contributed by atoms with Crippen molar-refractivity contribution in [2.45, 2.75) is 49.3 Å². The van der Waals surface area contributed by atoms with Gasteiger partial charge in [-0.25, -0.2) is 9.97 Å². The van der Waals surface area contributed by atoms with Crippen LogP contribution in [0.2, 0.25) is 0 Å². The van der Waals surface area contributed by atoms with Gasteiger partial charge in [-0.15, -0.1) is 0 Å². The van der Waals surface area contributed by atoms with Gasteiger partial charge in [0, 0.05) is 11.4 Å². The fourth-order valence-electron chi connectivity index (χ4n) is 3.89. The van der Waals surface area contributed by atoms with E-state index in [-0.39, 0.29) is 5.91 Å². The molecule has 1 aliphatic carbocycles. The van der Waals surface area contributed by atoms with E-state index < -0.39 is 5.25 Å². The second kappa shape index (κ2) is 9.32. The first kappa shape index (κ1) is 21.1. The monoisotopic (exact) mass is 428 g/mol. The Morgan fingerprint density at radius 3 is 2.74 bits per heavy atom. The molecule has 31 heavy (non-hydrogen) atoms. The summed E-state index contributed by atoms with van der Waals surface area (Å²) < 4.78 is 0. The maximum atomic E-state index is 12.6. The Hall–Kier alpha value is -3.17. The average Bonchev–Trinajstić information content (AvgIpc) is 2.78. The lowest BCUT2D eigenvalue weighted by Crippen LogP contribution is -2.23. The molecule has 2 aromatic heterocycles. The van der Waals surface area contributed by atoms with Crippen molar-refractivity contribution in [1.82, 2.24) is 9.97 Å². The van der Waals surface area contributed by atoms with Crippen LogP contribution < -0.4 is 5.32 Å². The molecule has 1 N–H and O–H groups in total. The van der Waals surface area contributed by atoms with E-state index in [0.29, 0.717) is 22.3 Å². The van der Waals surface area contributed by atoms with Crippen LogP contribution in [0.15, 0.2) is 59.6 Å². The topological polar surface area (TPSA) is 78.7 Å². The molecule has 0 spiro atoms. The molecule has 156 valence electrons. The van der Waals surface area contributed by atoms with Crippen molar-refractivity contribution in [3.05, 3.63) is 82.7 Å². The molecule has 0 saturated carbocycles. The predicted molar refractivity (Wildman–Crippen MR) is 123 cm³/mol. The third-order valence-electron chi connectivity index (χ3n) is 5.54. The van der Waals surface area contributed by atoms with Gasteiger partial charge in [0.05, 0.1) is 10.8 Å². The largest absolute Gasteiger partial charge is 0.310 e. The maximum absolute atomic E-state index is 12.6. The van der Waals surface area contributed by atoms with E-state index in [1.807, 2.05) is 38.1 Å². The number of aromatic nitrogens is 2. The van der Waals surface area contributed by atoms with Crippen LogP contribution in [0.5, 0.6) is 0 Å². The molecule has 1 amide bonds. The molecule has 0 bridgehead atoms. The van der Waals surface area contributed by atoms with Gasteiger partial charge in [0.25, 0.3) is 0 Å². The Bertz CT molecular complexity index is 1140. The van der Waals surface area contributed by atoms with Crippen LogP contribution in [0.25, 0.3) is 0 Å². The van der Waals surface area contributed by atoms with E-state index in [2.05, 4.69) is 40.6 Å². The zero-order chi connectivity index (χ0) is 21.8. The standard InChI is InChI=1S/C25H24N4OS/c1-16-7-6-10-23(27-16)29-24(30)17(2)31-25-21(15-26)14-20-13-19(11-12-22(20)28-25)18-8-4-3-5-9-18/h3-10,14,17,19H,11-13H2,1-2H3,(H,27,29,30). The number of nitrogens with zero attached hydrogens (tertiary/aromatic N) is 3. The Kier molecular flexibility index (Phi) is 6.34. The molecule has 5 nitrogen and oxygen atoms in total. The molecule has 0 fully saturated rings. The predicted octanol–water partition coefficient (Wildman–Crippen LogP) is 5.05. The summed E-state index contributed by atoms with van der Waals surface area (Å²) in [5, 5.41) is 12.8. The highest BCUT2D eigenvalue weighted by Gasteiger charge is 2.25. The third-order valence-corrected chi connectivity index (χ3v) is 6.64. The number of rotatable bonds is 5. The van der Waals surface area contributed by atoms with Crippen molar-refractivity contribution in [1.29, 1.82) is 5.26 Å². The van der Waals surface area contributed by atoms with Crippen molar-refractivity contribution in [3.63, 3.8) is 0 Å². The first-order valence-electron chi connectivity index (χ1n) is 10.4. The number of aryl methyl sites for hydroxylation is 2.